The molecule has 144 valence electrons. The highest BCUT2D eigenvalue weighted by Crippen LogP contribution is 2.32. The number of rotatable bonds is 3. The van der Waals surface area contributed by atoms with Gasteiger partial charge in [-0.1, -0.05) is 6.58 Å². The third-order valence-electron chi connectivity index (χ3n) is 5.86. The smallest absolute Gasteiger partial charge is 0.253 e. The standard InChI is InChI=1S/C21H27N3O3/c1-4-20(26)22(3)19-7-5-16(6-8-19)21(27)24-13-17-9-11-23(15(2)25)12-10-18(17)14-24/h4-8,17-18H,1,9-14H2,2-3H3/t17-,18+. The minimum Gasteiger partial charge on any atom is -0.343 e. The van der Waals surface area contributed by atoms with Crippen LogP contribution >= 0.6 is 0 Å². The van der Waals surface area contributed by atoms with E-state index in [0.717, 1.165) is 44.7 Å². The maximum Gasteiger partial charge on any atom is 0.253 e. The quantitative estimate of drug-likeness (QED) is 0.767. The van der Waals surface area contributed by atoms with Crippen LogP contribution in [-0.2, 0) is 9.59 Å². The molecule has 0 aromatic heterocycles. The van der Waals surface area contributed by atoms with Crippen LogP contribution < -0.4 is 4.90 Å². The molecule has 2 heterocycles. The van der Waals surface area contributed by atoms with Gasteiger partial charge in [-0.3, -0.25) is 14.4 Å². The number of benzene rings is 1. The number of hydrogen-bond donors (Lipinski definition) is 0. The summed E-state index contributed by atoms with van der Waals surface area (Å²) in [6.45, 7) is 8.20. The zero-order valence-electron chi connectivity index (χ0n) is 16.1. The molecule has 2 fully saturated rings. The Labute approximate surface area is 160 Å². The molecule has 2 aliphatic rings. The first-order valence-corrected chi connectivity index (χ1v) is 9.45. The molecule has 0 N–H and O–H groups in total. The minimum atomic E-state index is -0.187. The number of carbonyl (C=O) groups is 3. The summed E-state index contributed by atoms with van der Waals surface area (Å²) in [6.07, 6.45) is 3.18. The van der Waals surface area contributed by atoms with E-state index in [-0.39, 0.29) is 17.7 Å². The van der Waals surface area contributed by atoms with Gasteiger partial charge in [0.05, 0.1) is 0 Å². The molecule has 6 nitrogen and oxygen atoms in total. The lowest BCUT2D eigenvalue weighted by Gasteiger charge is -2.21. The summed E-state index contributed by atoms with van der Waals surface area (Å²) < 4.78 is 0. The van der Waals surface area contributed by atoms with E-state index >= 15 is 0 Å². The Kier molecular flexibility index (Phi) is 5.63. The van der Waals surface area contributed by atoms with Crippen molar-refractivity contribution in [1.29, 1.82) is 0 Å². The summed E-state index contributed by atoms with van der Waals surface area (Å²) in [5.41, 5.74) is 1.37. The van der Waals surface area contributed by atoms with Crippen molar-refractivity contribution in [3.05, 3.63) is 42.5 Å². The van der Waals surface area contributed by atoms with Crippen LogP contribution in [0.2, 0.25) is 0 Å². The number of nitrogens with zero attached hydrogens (tertiary/aromatic N) is 3. The summed E-state index contributed by atoms with van der Waals surface area (Å²) in [4.78, 5) is 41.5. The second-order valence-electron chi connectivity index (χ2n) is 7.46. The number of likely N-dealkylation sites (tertiary alicyclic amines) is 2. The maximum atomic E-state index is 12.9. The highest BCUT2D eigenvalue weighted by molar-refractivity contribution is 6.01. The van der Waals surface area contributed by atoms with Crippen LogP contribution in [0, 0.1) is 11.8 Å². The van der Waals surface area contributed by atoms with Crippen LogP contribution in [0.3, 0.4) is 0 Å². The number of hydrogen-bond acceptors (Lipinski definition) is 3. The molecule has 1 aromatic carbocycles. The van der Waals surface area contributed by atoms with E-state index in [0.29, 0.717) is 17.4 Å². The van der Waals surface area contributed by atoms with Gasteiger partial charge in [-0.05, 0) is 55.0 Å². The first kappa shape index (κ1) is 19.1. The molecule has 2 atom stereocenters. The molecular formula is C21H27N3O3. The zero-order chi connectivity index (χ0) is 19.6. The van der Waals surface area contributed by atoms with Gasteiger partial charge in [0.15, 0.2) is 0 Å². The van der Waals surface area contributed by atoms with Gasteiger partial charge in [-0.2, -0.15) is 0 Å². The predicted octanol–water partition coefficient (Wildman–Crippen LogP) is 2.17. The van der Waals surface area contributed by atoms with Crippen LogP contribution in [0.1, 0.15) is 30.1 Å². The maximum absolute atomic E-state index is 12.9. The van der Waals surface area contributed by atoms with E-state index in [1.54, 1.807) is 38.2 Å². The van der Waals surface area contributed by atoms with E-state index in [2.05, 4.69) is 6.58 Å². The molecule has 1 aromatic rings. The zero-order valence-corrected chi connectivity index (χ0v) is 16.1. The third-order valence-corrected chi connectivity index (χ3v) is 5.86. The molecule has 0 saturated carbocycles. The molecular weight excluding hydrogens is 342 g/mol. The molecule has 2 aliphatic heterocycles. The summed E-state index contributed by atoms with van der Waals surface area (Å²) in [5.74, 6) is 0.926. The molecule has 0 aliphatic carbocycles. The Morgan fingerprint density at radius 1 is 1.04 bits per heavy atom. The van der Waals surface area contributed by atoms with E-state index in [9.17, 15) is 14.4 Å². The molecule has 3 rings (SSSR count). The van der Waals surface area contributed by atoms with Crippen molar-refractivity contribution in [2.24, 2.45) is 11.8 Å². The molecule has 0 bridgehead atoms. The SMILES string of the molecule is C=CC(=O)N(C)c1ccc(C(=O)N2C[C@H]3CCN(C(C)=O)CC[C@H]3C2)cc1. The van der Waals surface area contributed by atoms with Gasteiger partial charge in [-0.15, -0.1) is 0 Å². The summed E-state index contributed by atoms with van der Waals surface area (Å²) in [6, 6.07) is 7.12. The third kappa shape index (κ3) is 4.04. The minimum absolute atomic E-state index is 0.0377. The number of fused-ring (bicyclic) bond motifs is 1. The summed E-state index contributed by atoms with van der Waals surface area (Å²) >= 11 is 0. The lowest BCUT2D eigenvalue weighted by molar-refractivity contribution is -0.128. The van der Waals surface area contributed by atoms with Crippen LogP contribution in [0.5, 0.6) is 0 Å². The van der Waals surface area contributed by atoms with Crippen molar-refractivity contribution in [1.82, 2.24) is 9.80 Å². The summed E-state index contributed by atoms with van der Waals surface area (Å²) in [7, 11) is 1.68. The molecule has 0 radical (unpaired) electrons. The van der Waals surface area contributed by atoms with E-state index in [4.69, 9.17) is 0 Å². The van der Waals surface area contributed by atoms with Gasteiger partial charge in [0.1, 0.15) is 0 Å². The average Bonchev–Trinajstić information content (AvgIpc) is 2.98. The fraction of sp³-hybridized carbons (Fsp3) is 0.476. The summed E-state index contributed by atoms with van der Waals surface area (Å²) in [5, 5.41) is 0. The number of anilines is 1. The van der Waals surface area contributed by atoms with Crippen LogP contribution in [0.25, 0.3) is 0 Å². The van der Waals surface area contributed by atoms with Gasteiger partial charge < -0.3 is 14.7 Å². The predicted molar refractivity (Wildman–Crippen MR) is 104 cm³/mol. The molecule has 6 heteroatoms. The van der Waals surface area contributed by atoms with Crippen molar-refractivity contribution < 1.29 is 14.4 Å². The van der Waals surface area contributed by atoms with Crippen molar-refractivity contribution in [2.75, 3.05) is 38.1 Å². The van der Waals surface area contributed by atoms with Crippen molar-refractivity contribution >= 4 is 23.4 Å². The first-order valence-electron chi connectivity index (χ1n) is 9.45. The van der Waals surface area contributed by atoms with Gasteiger partial charge >= 0.3 is 0 Å². The van der Waals surface area contributed by atoms with Gasteiger partial charge in [0, 0.05) is 51.4 Å². The lowest BCUT2D eigenvalue weighted by atomic mass is 9.92. The van der Waals surface area contributed by atoms with Gasteiger partial charge in [-0.25, -0.2) is 0 Å². The highest BCUT2D eigenvalue weighted by Gasteiger charge is 2.37. The number of amides is 3. The number of likely N-dealkylation sites (N-methyl/N-ethyl adjacent to an activating group) is 1. The molecule has 2 saturated heterocycles. The molecule has 27 heavy (non-hydrogen) atoms. The molecule has 3 amide bonds. The highest BCUT2D eigenvalue weighted by atomic mass is 16.2. The first-order chi connectivity index (χ1) is 12.9. The number of carbonyl (C=O) groups excluding carboxylic acids is 3. The molecule has 0 unspecified atom stereocenters. The fourth-order valence-corrected chi connectivity index (χ4v) is 4.10. The topological polar surface area (TPSA) is 60.9 Å². The van der Waals surface area contributed by atoms with Crippen LogP contribution in [0.4, 0.5) is 5.69 Å². The average molecular weight is 369 g/mol. The Bertz CT molecular complexity index is 728. The van der Waals surface area contributed by atoms with Crippen molar-refractivity contribution in [2.45, 2.75) is 19.8 Å². The van der Waals surface area contributed by atoms with Gasteiger partial charge in [0.2, 0.25) is 11.8 Å². The lowest BCUT2D eigenvalue weighted by Crippen LogP contribution is -2.32. The van der Waals surface area contributed by atoms with Crippen LogP contribution in [0.15, 0.2) is 36.9 Å². The normalized spacial score (nSPS) is 22.0. The van der Waals surface area contributed by atoms with E-state index in [1.807, 2.05) is 9.80 Å². The largest absolute Gasteiger partial charge is 0.343 e. The van der Waals surface area contributed by atoms with Crippen molar-refractivity contribution in [3.63, 3.8) is 0 Å². The van der Waals surface area contributed by atoms with E-state index in [1.165, 1.54) is 11.0 Å². The second kappa shape index (κ2) is 7.94. The Morgan fingerprint density at radius 3 is 2.07 bits per heavy atom. The van der Waals surface area contributed by atoms with Crippen LogP contribution in [-0.4, -0.2) is 60.7 Å². The molecule has 0 spiro atoms. The monoisotopic (exact) mass is 369 g/mol. The van der Waals surface area contributed by atoms with Crippen molar-refractivity contribution in [3.8, 4) is 0 Å². The van der Waals surface area contributed by atoms with E-state index < -0.39 is 0 Å². The Morgan fingerprint density at radius 2 is 1.59 bits per heavy atom. The fourth-order valence-electron chi connectivity index (χ4n) is 4.10. The van der Waals surface area contributed by atoms with Gasteiger partial charge in [0.25, 0.3) is 5.91 Å². The Balaban J connectivity index is 1.63. The Hall–Kier alpha value is -2.63. The second-order valence-corrected chi connectivity index (χ2v) is 7.46.